The van der Waals surface area contributed by atoms with Gasteiger partial charge in [-0.2, -0.15) is 10.1 Å². The SMILES string of the molecule is CC(=O)N1CC[C@@H](c2nc(-c3ccc(-n4nc(C)cc4C)nc3)no2)C1. The summed E-state index contributed by atoms with van der Waals surface area (Å²) in [7, 11) is 0. The fraction of sp³-hybridized carbons (Fsp3) is 0.389. The molecule has 1 aliphatic rings. The van der Waals surface area contributed by atoms with Gasteiger partial charge in [-0.05, 0) is 38.5 Å². The Hall–Kier alpha value is -3.03. The summed E-state index contributed by atoms with van der Waals surface area (Å²) in [6, 6.07) is 5.80. The summed E-state index contributed by atoms with van der Waals surface area (Å²) in [5, 5.41) is 8.51. The van der Waals surface area contributed by atoms with E-state index in [1.807, 2.05) is 32.0 Å². The minimum absolute atomic E-state index is 0.0798. The Morgan fingerprint density at radius 2 is 2.15 bits per heavy atom. The van der Waals surface area contributed by atoms with E-state index in [9.17, 15) is 4.79 Å². The molecule has 0 aliphatic carbocycles. The predicted molar refractivity (Wildman–Crippen MR) is 93.7 cm³/mol. The molecule has 0 radical (unpaired) electrons. The van der Waals surface area contributed by atoms with E-state index in [1.54, 1.807) is 22.7 Å². The van der Waals surface area contributed by atoms with Crippen molar-refractivity contribution in [2.24, 2.45) is 0 Å². The Morgan fingerprint density at radius 3 is 2.77 bits per heavy atom. The van der Waals surface area contributed by atoms with Crippen molar-refractivity contribution in [1.82, 2.24) is 29.8 Å². The molecule has 0 unspecified atom stereocenters. The monoisotopic (exact) mass is 352 g/mol. The molecular formula is C18H20N6O2. The Labute approximate surface area is 150 Å². The molecule has 1 saturated heterocycles. The van der Waals surface area contributed by atoms with Crippen LogP contribution in [0.15, 0.2) is 28.9 Å². The number of carbonyl (C=O) groups is 1. The minimum atomic E-state index is 0.0798. The Balaban J connectivity index is 1.53. The molecule has 26 heavy (non-hydrogen) atoms. The summed E-state index contributed by atoms with van der Waals surface area (Å²) in [4.78, 5) is 22.2. The quantitative estimate of drug-likeness (QED) is 0.718. The summed E-state index contributed by atoms with van der Waals surface area (Å²) >= 11 is 0. The van der Waals surface area contributed by atoms with Crippen molar-refractivity contribution in [2.75, 3.05) is 13.1 Å². The molecule has 1 aliphatic heterocycles. The molecule has 4 rings (SSSR count). The number of hydrogen-bond donors (Lipinski definition) is 0. The number of aromatic nitrogens is 5. The second kappa shape index (κ2) is 6.36. The molecule has 0 spiro atoms. The molecule has 3 aromatic rings. The van der Waals surface area contributed by atoms with Crippen molar-refractivity contribution < 1.29 is 9.32 Å². The molecule has 0 saturated carbocycles. The lowest BCUT2D eigenvalue weighted by atomic mass is 10.1. The standard InChI is InChI=1S/C18H20N6O2/c1-11-8-12(2)24(21-11)16-5-4-14(9-19-16)17-20-18(26-22-17)15-6-7-23(10-15)13(3)25/h4-5,8-9,15H,6-7,10H2,1-3H3/t15-/m1/s1. The molecule has 0 N–H and O–H groups in total. The molecule has 8 heteroatoms. The van der Waals surface area contributed by atoms with Crippen LogP contribution in [0.5, 0.6) is 0 Å². The smallest absolute Gasteiger partial charge is 0.231 e. The largest absolute Gasteiger partial charge is 0.342 e. The Bertz CT molecular complexity index is 943. The fourth-order valence-electron chi connectivity index (χ4n) is 3.27. The molecule has 1 atom stereocenters. The van der Waals surface area contributed by atoms with Crippen LogP contribution in [-0.2, 0) is 4.79 Å². The summed E-state index contributed by atoms with van der Waals surface area (Å²) in [5.74, 6) is 2.01. The van der Waals surface area contributed by atoms with Gasteiger partial charge in [-0.1, -0.05) is 5.16 Å². The number of aryl methyl sites for hydroxylation is 2. The van der Waals surface area contributed by atoms with Gasteiger partial charge < -0.3 is 9.42 Å². The van der Waals surface area contributed by atoms with E-state index in [2.05, 4.69) is 20.2 Å². The third-order valence-corrected chi connectivity index (χ3v) is 4.66. The van der Waals surface area contributed by atoms with Crippen molar-refractivity contribution in [2.45, 2.75) is 33.1 Å². The number of rotatable bonds is 3. The predicted octanol–water partition coefficient (Wildman–Crippen LogP) is 2.27. The number of pyridine rings is 1. The Kier molecular flexibility index (Phi) is 4.02. The van der Waals surface area contributed by atoms with Gasteiger partial charge in [-0.3, -0.25) is 4.79 Å². The van der Waals surface area contributed by atoms with Crippen molar-refractivity contribution in [3.63, 3.8) is 0 Å². The van der Waals surface area contributed by atoms with Crippen LogP contribution in [0.1, 0.15) is 36.5 Å². The summed E-state index contributed by atoms with van der Waals surface area (Å²) in [5.41, 5.74) is 2.76. The van der Waals surface area contributed by atoms with Crippen LogP contribution < -0.4 is 0 Å². The van der Waals surface area contributed by atoms with Crippen LogP contribution in [0.4, 0.5) is 0 Å². The first-order chi connectivity index (χ1) is 12.5. The second-order valence-electron chi connectivity index (χ2n) is 6.65. The third-order valence-electron chi connectivity index (χ3n) is 4.66. The van der Waals surface area contributed by atoms with Crippen LogP contribution in [-0.4, -0.2) is 48.8 Å². The first-order valence-corrected chi connectivity index (χ1v) is 8.60. The number of carbonyl (C=O) groups excluding carboxylic acids is 1. The van der Waals surface area contributed by atoms with Crippen molar-refractivity contribution in [3.8, 4) is 17.2 Å². The van der Waals surface area contributed by atoms with E-state index in [0.717, 1.165) is 35.7 Å². The number of nitrogens with zero attached hydrogens (tertiary/aromatic N) is 6. The van der Waals surface area contributed by atoms with Gasteiger partial charge in [-0.25, -0.2) is 9.67 Å². The zero-order valence-corrected chi connectivity index (χ0v) is 15.0. The van der Waals surface area contributed by atoms with Crippen LogP contribution in [0, 0.1) is 13.8 Å². The lowest BCUT2D eigenvalue weighted by Crippen LogP contribution is -2.25. The van der Waals surface area contributed by atoms with Gasteiger partial charge in [0, 0.05) is 37.5 Å². The van der Waals surface area contributed by atoms with E-state index < -0.39 is 0 Å². The highest BCUT2D eigenvalue weighted by Gasteiger charge is 2.29. The van der Waals surface area contributed by atoms with Gasteiger partial charge in [0.25, 0.3) is 0 Å². The normalized spacial score (nSPS) is 17.0. The molecule has 3 aromatic heterocycles. The Morgan fingerprint density at radius 1 is 1.31 bits per heavy atom. The maximum Gasteiger partial charge on any atom is 0.231 e. The maximum absolute atomic E-state index is 11.5. The number of hydrogen-bond acceptors (Lipinski definition) is 6. The summed E-state index contributed by atoms with van der Waals surface area (Å²) in [6.45, 7) is 6.89. The minimum Gasteiger partial charge on any atom is -0.342 e. The number of likely N-dealkylation sites (tertiary alicyclic amines) is 1. The van der Waals surface area contributed by atoms with Gasteiger partial charge in [-0.15, -0.1) is 0 Å². The molecule has 0 bridgehead atoms. The topological polar surface area (TPSA) is 89.9 Å². The van der Waals surface area contributed by atoms with E-state index in [1.165, 1.54) is 0 Å². The van der Waals surface area contributed by atoms with Crippen LogP contribution in [0.3, 0.4) is 0 Å². The maximum atomic E-state index is 11.5. The van der Waals surface area contributed by atoms with Gasteiger partial charge in [0.05, 0.1) is 11.6 Å². The number of amides is 1. The molecule has 1 fully saturated rings. The first-order valence-electron chi connectivity index (χ1n) is 8.60. The van der Waals surface area contributed by atoms with E-state index >= 15 is 0 Å². The van der Waals surface area contributed by atoms with E-state index in [4.69, 9.17) is 4.52 Å². The summed E-state index contributed by atoms with van der Waals surface area (Å²) in [6.07, 6.45) is 2.56. The van der Waals surface area contributed by atoms with Gasteiger partial charge in [0.2, 0.25) is 17.6 Å². The highest BCUT2D eigenvalue weighted by Crippen LogP contribution is 2.27. The molecule has 1 amide bonds. The summed E-state index contributed by atoms with van der Waals surface area (Å²) < 4.78 is 7.23. The zero-order valence-electron chi connectivity index (χ0n) is 15.0. The average molecular weight is 352 g/mol. The fourth-order valence-corrected chi connectivity index (χ4v) is 3.27. The highest BCUT2D eigenvalue weighted by atomic mass is 16.5. The molecule has 0 aromatic carbocycles. The lowest BCUT2D eigenvalue weighted by molar-refractivity contribution is -0.127. The molecule has 134 valence electrons. The van der Waals surface area contributed by atoms with Gasteiger partial charge in [0.1, 0.15) is 0 Å². The van der Waals surface area contributed by atoms with Crippen molar-refractivity contribution >= 4 is 5.91 Å². The van der Waals surface area contributed by atoms with E-state index in [-0.39, 0.29) is 11.8 Å². The van der Waals surface area contributed by atoms with E-state index in [0.29, 0.717) is 18.3 Å². The highest BCUT2D eigenvalue weighted by molar-refractivity contribution is 5.73. The zero-order chi connectivity index (χ0) is 18.3. The first kappa shape index (κ1) is 16.4. The van der Waals surface area contributed by atoms with Crippen LogP contribution >= 0.6 is 0 Å². The third kappa shape index (κ3) is 2.98. The lowest BCUT2D eigenvalue weighted by Gasteiger charge is -2.11. The van der Waals surface area contributed by atoms with Crippen molar-refractivity contribution in [3.05, 3.63) is 41.7 Å². The average Bonchev–Trinajstić information content (AvgIpc) is 3.33. The molecule has 4 heterocycles. The van der Waals surface area contributed by atoms with Gasteiger partial charge in [0.15, 0.2) is 5.82 Å². The van der Waals surface area contributed by atoms with Crippen LogP contribution in [0.25, 0.3) is 17.2 Å². The van der Waals surface area contributed by atoms with Gasteiger partial charge >= 0.3 is 0 Å². The second-order valence-corrected chi connectivity index (χ2v) is 6.65. The molecule has 8 nitrogen and oxygen atoms in total. The molecular weight excluding hydrogens is 332 g/mol. The van der Waals surface area contributed by atoms with Crippen LogP contribution in [0.2, 0.25) is 0 Å². The van der Waals surface area contributed by atoms with Crippen molar-refractivity contribution in [1.29, 1.82) is 0 Å².